The fourth-order valence-electron chi connectivity index (χ4n) is 13.3. The maximum atomic E-state index is 13.1. The average molecular weight is 1360 g/mol. The molecule has 0 aromatic carbocycles. The Morgan fingerprint density at radius 1 is 0.375 bits per heavy atom. The van der Waals surface area contributed by atoms with E-state index in [0.29, 0.717) is 19.4 Å². The van der Waals surface area contributed by atoms with Crippen LogP contribution >= 0.6 is 0 Å². The zero-order chi connectivity index (χ0) is 69.4. The summed E-state index contributed by atoms with van der Waals surface area (Å²) in [4.78, 5) is 25.2. The zero-order valence-corrected chi connectivity index (χ0v) is 63.1. The third-order valence-corrected chi connectivity index (χ3v) is 19.9. The molecule has 0 aromatic heterocycles. The lowest BCUT2D eigenvalue weighted by atomic mass is 9.99. The van der Waals surface area contributed by atoms with Crippen LogP contribution in [-0.4, -0.2) is 100 Å². The van der Waals surface area contributed by atoms with Gasteiger partial charge in [-0.05, 0) is 83.5 Å². The topological polar surface area (TPSA) is 175 Å². The van der Waals surface area contributed by atoms with Crippen LogP contribution in [0.25, 0.3) is 0 Å². The van der Waals surface area contributed by atoms with Gasteiger partial charge < -0.3 is 45.1 Å². The van der Waals surface area contributed by atoms with Gasteiger partial charge in [-0.1, -0.05) is 371 Å². The van der Waals surface area contributed by atoms with Gasteiger partial charge in [-0.2, -0.15) is 0 Å². The number of carbonyl (C=O) groups is 2. The van der Waals surface area contributed by atoms with Gasteiger partial charge in [0, 0.05) is 12.8 Å². The summed E-state index contributed by atoms with van der Waals surface area (Å²) < 4.78 is 16.8. The van der Waals surface area contributed by atoms with Crippen molar-refractivity contribution in [2.45, 2.75) is 461 Å². The zero-order valence-electron chi connectivity index (χ0n) is 63.1. The number of carbonyl (C=O) groups excluding carboxylic acids is 2. The van der Waals surface area contributed by atoms with Gasteiger partial charge >= 0.3 is 5.97 Å². The summed E-state index contributed by atoms with van der Waals surface area (Å²) in [5.74, 6) is -0.170. The number of unbranched alkanes of at least 4 members (excludes halogenated alkanes) is 55. The van der Waals surface area contributed by atoms with E-state index in [-0.39, 0.29) is 18.5 Å². The minimum atomic E-state index is -1.58. The van der Waals surface area contributed by atoms with Crippen molar-refractivity contribution in [3.63, 3.8) is 0 Å². The summed E-state index contributed by atoms with van der Waals surface area (Å²) in [5, 5.41) is 54.6. The molecule has 96 heavy (non-hydrogen) atoms. The van der Waals surface area contributed by atoms with Gasteiger partial charge in [0.1, 0.15) is 24.4 Å². The van der Waals surface area contributed by atoms with Crippen LogP contribution in [0.4, 0.5) is 0 Å². The van der Waals surface area contributed by atoms with Gasteiger partial charge in [-0.15, -0.1) is 0 Å². The van der Waals surface area contributed by atoms with Crippen LogP contribution in [0.5, 0.6) is 0 Å². The fourth-order valence-corrected chi connectivity index (χ4v) is 13.3. The molecule has 1 rings (SSSR count). The van der Waals surface area contributed by atoms with E-state index in [4.69, 9.17) is 14.2 Å². The normalized spacial score (nSPS) is 17.5. The van der Waals surface area contributed by atoms with Crippen molar-refractivity contribution < 1.29 is 49.3 Å². The summed E-state index contributed by atoms with van der Waals surface area (Å²) >= 11 is 0. The first-order chi connectivity index (χ1) is 47.2. The molecular weight excluding hydrogens is 1190 g/mol. The lowest BCUT2D eigenvalue weighted by Gasteiger charge is -2.40. The Hall–Kier alpha value is -2.38. The van der Waals surface area contributed by atoms with Crippen molar-refractivity contribution in [3.8, 4) is 0 Å². The van der Waals surface area contributed by atoms with E-state index < -0.39 is 49.5 Å². The SMILES string of the molecule is CCCCCC/C=C/CC/C=C/CC/C=C/C(O)C(COC1OC(CO)C(O)C(O)C1O)NC(=O)CCCCCCCCCCCCCCCCCCC/C=C\CCCCCCCCCCCCCCCCCCCCOC(=O)CCCCCCCCCCCCCCCCC. The number of nitrogens with one attached hydrogen (secondary N) is 1. The van der Waals surface area contributed by atoms with Crippen LogP contribution in [0.15, 0.2) is 48.6 Å². The largest absolute Gasteiger partial charge is 0.466 e. The van der Waals surface area contributed by atoms with Crippen molar-refractivity contribution in [1.82, 2.24) is 5.32 Å². The molecule has 1 fully saturated rings. The van der Waals surface area contributed by atoms with E-state index in [9.17, 15) is 35.1 Å². The smallest absolute Gasteiger partial charge is 0.305 e. The molecule has 11 nitrogen and oxygen atoms in total. The fraction of sp³-hybridized carbons (Fsp3) is 0.882. The molecule has 1 amide bonds. The molecule has 1 saturated heterocycles. The standard InChI is InChI=1S/C85H159NO10/c1-3-5-7-9-11-13-15-17-44-49-53-57-61-65-69-73-81(90)94-74-70-66-62-58-54-50-46-43-41-39-37-35-33-31-29-27-25-23-21-19-20-22-24-26-28-30-32-34-36-38-40-42-45-48-52-56-60-64-68-72-80(89)86-77(76-95-85-84(93)83(92)82(91)79(75-87)96-85)78(88)71-67-63-59-55-51-47-18-16-14-12-10-8-6-4-2/h14,16,19-20,51,55,67,71,77-79,82-85,87-88,91-93H,3-13,15,17-18,21-50,52-54,56-66,68-70,72-76H2,1-2H3,(H,86,89)/b16-14+,20-19-,55-51+,71-67+. The summed E-state index contributed by atoms with van der Waals surface area (Å²) in [6, 6.07) is -0.832. The van der Waals surface area contributed by atoms with Crippen molar-refractivity contribution in [1.29, 1.82) is 0 Å². The molecule has 0 spiro atoms. The first kappa shape index (κ1) is 91.6. The molecular formula is C85H159NO10. The first-order valence-electron chi connectivity index (χ1n) is 41.9. The van der Waals surface area contributed by atoms with Crippen LogP contribution in [0.2, 0.25) is 0 Å². The minimum Gasteiger partial charge on any atom is -0.466 e. The van der Waals surface area contributed by atoms with Crippen LogP contribution in [0.3, 0.4) is 0 Å². The number of aliphatic hydroxyl groups excluding tert-OH is 5. The van der Waals surface area contributed by atoms with Crippen molar-refractivity contribution >= 4 is 11.9 Å². The molecule has 0 aliphatic carbocycles. The molecule has 0 aromatic rings. The predicted molar refractivity (Wildman–Crippen MR) is 407 cm³/mol. The molecule has 7 atom stereocenters. The highest BCUT2D eigenvalue weighted by molar-refractivity contribution is 5.76. The molecule has 0 bridgehead atoms. The molecule has 7 unspecified atom stereocenters. The number of rotatable bonds is 75. The summed E-state index contributed by atoms with van der Waals surface area (Å²) in [5.41, 5.74) is 0. The van der Waals surface area contributed by atoms with Crippen LogP contribution in [0, 0.1) is 0 Å². The molecule has 0 saturated carbocycles. The van der Waals surface area contributed by atoms with E-state index in [1.54, 1.807) is 6.08 Å². The number of ether oxygens (including phenoxy) is 3. The molecule has 6 N–H and O–H groups in total. The third-order valence-electron chi connectivity index (χ3n) is 19.9. The minimum absolute atomic E-state index is 0.0201. The summed E-state index contributed by atoms with van der Waals surface area (Å²) in [6.45, 7) is 4.36. The number of hydrogen-bond acceptors (Lipinski definition) is 10. The summed E-state index contributed by atoms with van der Waals surface area (Å²) in [6.07, 6.45) is 88.8. The Balaban J connectivity index is 1.89. The van der Waals surface area contributed by atoms with E-state index in [2.05, 4.69) is 55.6 Å². The number of aliphatic hydroxyl groups is 5. The molecule has 1 heterocycles. The highest BCUT2D eigenvalue weighted by Crippen LogP contribution is 2.24. The maximum Gasteiger partial charge on any atom is 0.305 e. The van der Waals surface area contributed by atoms with Gasteiger partial charge in [0.2, 0.25) is 5.91 Å². The van der Waals surface area contributed by atoms with Crippen molar-refractivity contribution in [2.24, 2.45) is 0 Å². The van der Waals surface area contributed by atoms with Gasteiger partial charge in [0.05, 0.1) is 32.0 Å². The Labute approximate surface area is 593 Å². The Morgan fingerprint density at radius 3 is 1.04 bits per heavy atom. The van der Waals surface area contributed by atoms with Gasteiger partial charge in [-0.25, -0.2) is 0 Å². The Bertz CT molecular complexity index is 1740. The monoisotopic (exact) mass is 1350 g/mol. The average Bonchev–Trinajstić information content (AvgIpc) is 0.842. The lowest BCUT2D eigenvalue weighted by molar-refractivity contribution is -0.302. The first-order valence-corrected chi connectivity index (χ1v) is 41.9. The molecule has 1 aliphatic rings. The van der Waals surface area contributed by atoms with E-state index >= 15 is 0 Å². The quantitative estimate of drug-likeness (QED) is 0.0195. The molecule has 1 aliphatic heterocycles. The second kappa shape index (κ2) is 73.8. The van der Waals surface area contributed by atoms with E-state index in [0.717, 1.165) is 64.2 Å². The number of allylic oxidation sites excluding steroid dienone is 7. The van der Waals surface area contributed by atoms with E-state index in [1.165, 1.54) is 327 Å². The highest BCUT2D eigenvalue weighted by Gasteiger charge is 2.44. The maximum absolute atomic E-state index is 13.1. The van der Waals surface area contributed by atoms with Gasteiger partial charge in [0.15, 0.2) is 6.29 Å². The van der Waals surface area contributed by atoms with Crippen LogP contribution < -0.4 is 5.32 Å². The second-order valence-corrected chi connectivity index (χ2v) is 29.2. The number of amides is 1. The number of hydrogen-bond donors (Lipinski definition) is 6. The van der Waals surface area contributed by atoms with Crippen LogP contribution in [-0.2, 0) is 23.8 Å². The molecule has 0 radical (unpaired) electrons. The number of esters is 1. The van der Waals surface area contributed by atoms with Crippen molar-refractivity contribution in [2.75, 3.05) is 19.8 Å². The van der Waals surface area contributed by atoms with Gasteiger partial charge in [-0.3, -0.25) is 9.59 Å². The van der Waals surface area contributed by atoms with Gasteiger partial charge in [0.25, 0.3) is 0 Å². The van der Waals surface area contributed by atoms with Crippen molar-refractivity contribution in [3.05, 3.63) is 48.6 Å². The summed E-state index contributed by atoms with van der Waals surface area (Å²) in [7, 11) is 0. The Kier molecular flexibility index (Phi) is 70.5. The third kappa shape index (κ3) is 61.5. The Morgan fingerprint density at radius 2 is 0.677 bits per heavy atom. The molecule has 564 valence electrons. The second-order valence-electron chi connectivity index (χ2n) is 29.2. The molecule has 11 heteroatoms. The lowest BCUT2D eigenvalue weighted by Crippen LogP contribution is -2.60. The van der Waals surface area contributed by atoms with E-state index in [1.807, 2.05) is 6.08 Å². The predicted octanol–water partition coefficient (Wildman–Crippen LogP) is 23.0. The van der Waals surface area contributed by atoms with Crippen LogP contribution in [0.1, 0.15) is 418 Å². The highest BCUT2D eigenvalue weighted by atomic mass is 16.7.